The molecule has 0 saturated carbocycles. The molecule has 11 heavy (non-hydrogen) atoms. The van der Waals surface area contributed by atoms with Gasteiger partial charge in [0.15, 0.2) is 0 Å². The molecule has 0 spiro atoms. The van der Waals surface area contributed by atoms with Crippen LogP contribution < -0.4 is 5.30 Å². The van der Waals surface area contributed by atoms with E-state index in [0.29, 0.717) is 0 Å². The van der Waals surface area contributed by atoms with E-state index in [2.05, 4.69) is 43.9 Å². The zero-order valence-corrected chi connectivity index (χ0v) is 8.14. The molecule has 0 amide bonds. The Morgan fingerprint density at radius 3 is 2.36 bits per heavy atom. The standard InChI is InChI=1S/C10H15P/c1-3-9-11(2)10-7-5-4-6-8-10/h4-8H,3,9H2,1-2H3/t11-/m0/s1. The SMILES string of the molecule is CCC[P@](C)c1ccccc1. The number of rotatable bonds is 3. The Balaban J connectivity index is 2.61. The number of hydrogen-bond donors (Lipinski definition) is 0. The first-order valence-electron chi connectivity index (χ1n) is 4.10. The highest BCUT2D eigenvalue weighted by molar-refractivity contribution is 7.64. The third-order valence-electron chi connectivity index (χ3n) is 1.76. The summed E-state index contributed by atoms with van der Waals surface area (Å²) in [5.41, 5.74) is 0. The molecule has 0 N–H and O–H groups in total. The van der Waals surface area contributed by atoms with Crippen molar-refractivity contribution < 1.29 is 0 Å². The quantitative estimate of drug-likeness (QED) is 0.606. The minimum Gasteiger partial charge on any atom is -0.0785 e. The summed E-state index contributed by atoms with van der Waals surface area (Å²) < 4.78 is 0. The molecule has 1 rings (SSSR count). The average molecular weight is 166 g/mol. The van der Waals surface area contributed by atoms with Crippen molar-refractivity contribution >= 4 is 13.2 Å². The summed E-state index contributed by atoms with van der Waals surface area (Å²) in [6, 6.07) is 10.8. The van der Waals surface area contributed by atoms with Crippen molar-refractivity contribution in [2.75, 3.05) is 12.8 Å². The minimum atomic E-state index is 0.124. The van der Waals surface area contributed by atoms with Gasteiger partial charge in [0.2, 0.25) is 0 Å². The molecule has 0 heterocycles. The van der Waals surface area contributed by atoms with Gasteiger partial charge in [0.1, 0.15) is 0 Å². The Labute approximate surface area is 70.4 Å². The smallest absolute Gasteiger partial charge is 0.0243 e. The van der Waals surface area contributed by atoms with Gasteiger partial charge >= 0.3 is 0 Å². The van der Waals surface area contributed by atoms with Gasteiger partial charge in [-0.05, 0) is 18.1 Å². The molecule has 0 aliphatic rings. The van der Waals surface area contributed by atoms with E-state index in [1.54, 1.807) is 0 Å². The van der Waals surface area contributed by atoms with E-state index in [1.165, 1.54) is 17.9 Å². The van der Waals surface area contributed by atoms with Crippen LogP contribution >= 0.6 is 7.92 Å². The Hall–Kier alpha value is -0.350. The molecular weight excluding hydrogens is 151 g/mol. The molecule has 0 fully saturated rings. The summed E-state index contributed by atoms with van der Waals surface area (Å²) in [7, 11) is 0.124. The van der Waals surface area contributed by atoms with Crippen LogP contribution in [0.25, 0.3) is 0 Å². The fraction of sp³-hybridized carbons (Fsp3) is 0.400. The van der Waals surface area contributed by atoms with Gasteiger partial charge in [0.25, 0.3) is 0 Å². The summed E-state index contributed by atoms with van der Waals surface area (Å²) >= 11 is 0. The minimum absolute atomic E-state index is 0.124. The van der Waals surface area contributed by atoms with Crippen LogP contribution in [0.5, 0.6) is 0 Å². The molecule has 1 aromatic rings. The van der Waals surface area contributed by atoms with Crippen LogP contribution in [0.4, 0.5) is 0 Å². The molecule has 0 bridgehead atoms. The molecule has 0 unspecified atom stereocenters. The summed E-state index contributed by atoms with van der Waals surface area (Å²) in [4.78, 5) is 0. The average Bonchev–Trinajstić information content (AvgIpc) is 2.07. The van der Waals surface area contributed by atoms with Crippen molar-refractivity contribution in [3.05, 3.63) is 30.3 Å². The molecule has 0 radical (unpaired) electrons. The van der Waals surface area contributed by atoms with Crippen LogP contribution in [0.15, 0.2) is 30.3 Å². The summed E-state index contributed by atoms with van der Waals surface area (Å²) in [5.74, 6) is 0. The van der Waals surface area contributed by atoms with Crippen molar-refractivity contribution in [1.82, 2.24) is 0 Å². The van der Waals surface area contributed by atoms with Crippen molar-refractivity contribution in [2.45, 2.75) is 13.3 Å². The third-order valence-corrected chi connectivity index (χ3v) is 4.05. The lowest BCUT2D eigenvalue weighted by Crippen LogP contribution is -2.00. The molecule has 1 atom stereocenters. The maximum absolute atomic E-state index is 2.36. The summed E-state index contributed by atoms with van der Waals surface area (Å²) in [6.07, 6.45) is 2.66. The predicted molar refractivity (Wildman–Crippen MR) is 54.1 cm³/mol. The fourth-order valence-electron chi connectivity index (χ4n) is 1.15. The third kappa shape index (κ3) is 2.63. The van der Waals surface area contributed by atoms with Gasteiger partial charge in [-0.1, -0.05) is 51.6 Å². The topological polar surface area (TPSA) is 0 Å². The Morgan fingerprint density at radius 2 is 1.82 bits per heavy atom. The first kappa shape index (κ1) is 8.74. The van der Waals surface area contributed by atoms with Crippen molar-refractivity contribution in [3.63, 3.8) is 0 Å². The maximum Gasteiger partial charge on any atom is -0.0243 e. The highest BCUT2D eigenvalue weighted by Crippen LogP contribution is 2.29. The lowest BCUT2D eigenvalue weighted by atomic mass is 10.4. The van der Waals surface area contributed by atoms with E-state index in [4.69, 9.17) is 0 Å². The molecule has 0 nitrogen and oxygen atoms in total. The molecule has 0 aromatic heterocycles. The van der Waals surface area contributed by atoms with Crippen molar-refractivity contribution in [2.24, 2.45) is 0 Å². The van der Waals surface area contributed by atoms with Gasteiger partial charge in [-0.2, -0.15) is 0 Å². The second-order valence-corrected chi connectivity index (χ2v) is 5.12. The van der Waals surface area contributed by atoms with Gasteiger partial charge in [-0.25, -0.2) is 0 Å². The van der Waals surface area contributed by atoms with Gasteiger partial charge in [0.05, 0.1) is 0 Å². The molecule has 60 valence electrons. The summed E-state index contributed by atoms with van der Waals surface area (Å²) in [5, 5.41) is 1.53. The first-order valence-corrected chi connectivity index (χ1v) is 6.08. The zero-order valence-electron chi connectivity index (χ0n) is 7.25. The van der Waals surface area contributed by atoms with Crippen LogP contribution in [0.3, 0.4) is 0 Å². The van der Waals surface area contributed by atoms with Crippen LogP contribution in [0.2, 0.25) is 0 Å². The monoisotopic (exact) mass is 166 g/mol. The largest absolute Gasteiger partial charge is 0.0785 e. The van der Waals surface area contributed by atoms with E-state index in [0.717, 1.165) is 0 Å². The lowest BCUT2D eigenvalue weighted by Gasteiger charge is -2.09. The van der Waals surface area contributed by atoms with E-state index in [9.17, 15) is 0 Å². The van der Waals surface area contributed by atoms with Crippen LogP contribution in [0.1, 0.15) is 13.3 Å². The van der Waals surface area contributed by atoms with Gasteiger partial charge in [-0.3, -0.25) is 0 Å². The Bertz CT molecular complexity index is 193. The zero-order chi connectivity index (χ0) is 8.10. The lowest BCUT2D eigenvalue weighted by molar-refractivity contribution is 1.10. The molecule has 1 aromatic carbocycles. The van der Waals surface area contributed by atoms with E-state index in [-0.39, 0.29) is 7.92 Å². The molecular formula is C10H15P. The van der Waals surface area contributed by atoms with Gasteiger partial charge in [0, 0.05) is 0 Å². The first-order chi connectivity index (χ1) is 5.34. The molecule has 0 aliphatic carbocycles. The van der Waals surface area contributed by atoms with E-state index in [1.807, 2.05) is 0 Å². The predicted octanol–water partition coefficient (Wildman–Crippen LogP) is 2.83. The summed E-state index contributed by atoms with van der Waals surface area (Å²) in [6.45, 7) is 4.61. The highest BCUT2D eigenvalue weighted by atomic mass is 31.1. The van der Waals surface area contributed by atoms with Gasteiger partial charge in [-0.15, -0.1) is 0 Å². The van der Waals surface area contributed by atoms with Crippen LogP contribution in [-0.2, 0) is 0 Å². The normalized spacial score (nSPS) is 12.9. The van der Waals surface area contributed by atoms with Crippen LogP contribution in [-0.4, -0.2) is 12.8 Å². The molecule has 0 aliphatic heterocycles. The van der Waals surface area contributed by atoms with Crippen molar-refractivity contribution in [1.29, 1.82) is 0 Å². The Morgan fingerprint density at radius 1 is 1.18 bits per heavy atom. The number of benzene rings is 1. The fourth-order valence-corrected chi connectivity index (χ4v) is 2.76. The second kappa shape index (κ2) is 4.51. The molecule has 0 saturated heterocycles. The highest BCUT2D eigenvalue weighted by Gasteiger charge is 2.00. The second-order valence-electron chi connectivity index (χ2n) is 2.76. The Kier molecular flexibility index (Phi) is 3.59. The molecule has 1 heteroatoms. The van der Waals surface area contributed by atoms with Crippen molar-refractivity contribution in [3.8, 4) is 0 Å². The van der Waals surface area contributed by atoms with E-state index >= 15 is 0 Å². The maximum atomic E-state index is 2.36. The van der Waals surface area contributed by atoms with Gasteiger partial charge < -0.3 is 0 Å². The van der Waals surface area contributed by atoms with E-state index < -0.39 is 0 Å². The van der Waals surface area contributed by atoms with Crippen LogP contribution in [0, 0.1) is 0 Å². The number of hydrogen-bond acceptors (Lipinski definition) is 0.